The molecule has 2 nitrogen and oxygen atoms in total. The van der Waals surface area contributed by atoms with Gasteiger partial charge in [0.05, 0.1) is 0 Å². The molecule has 0 atom stereocenters. The lowest BCUT2D eigenvalue weighted by Gasteiger charge is -2.02. The largest absolute Gasteiger partial charge is 0.432 e. The fourth-order valence-electron chi connectivity index (χ4n) is 0.220. The molecular weight excluding hydrogens is 169 g/mol. The van der Waals surface area contributed by atoms with Gasteiger partial charge in [-0.25, -0.2) is 0 Å². The summed E-state index contributed by atoms with van der Waals surface area (Å²) in [7, 11) is 0. The van der Waals surface area contributed by atoms with Crippen molar-refractivity contribution in [3.05, 3.63) is 11.2 Å². The van der Waals surface area contributed by atoms with Crippen molar-refractivity contribution >= 4 is 17.3 Å². The van der Waals surface area contributed by atoms with Crippen molar-refractivity contribution in [2.75, 3.05) is 0 Å². The van der Waals surface area contributed by atoms with Crippen LogP contribution in [0.4, 0.5) is 13.2 Å². The highest BCUT2D eigenvalue weighted by Gasteiger charge is 2.32. The maximum absolute atomic E-state index is 11.4. The molecule has 0 unspecified atom stereocenters. The fraction of sp³-hybridized carbons (Fsp3) is 0.250. The second-order valence-electron chi connectivity index (χ2n) is 1.44. The molecule has 0 fully saturated rings. The highest BCUT2D eigenvalue weighted by Crippen LogP contribution is 2.17. The van der Waals surface area contributed by atoms with Gasteiger partial charge in [-0.2, -0.15) is 13.2 Å². The first-order chi connectivity index (χ1) is 4.34. The summed E-state index contributed by atoms with van der Waals surface area (Å²) in [6.45, 7) is 0. The molecule has 6 heteroatoms. The first-order valence-corrected chi connectivity index (χ1v) is 2.50. The van der Waals surface area contributed by atoms with Crippen molar-refractivity contribution in [2.24, 2.45) is 5.73 Å². The van der Waals surface area contributed by atoms with Crippen LogP contribution in [0, 0.1) is 5.41 Å². The number of hydrogen-bond acceptors (Lipinski definition) is 2. The molecule has 0 aromatic heterocycles. The highest BCUT2D eigenvalue weighted by molar-refractivity contribution is 6.30. The lowest BCUT2D eigenvalue weighted by atomic mass is 10.3. The summed E-state index contributed by atoms with van der Waals surface area (Å²) >= 11 is 4.88. The summed E-state index contributed by atoms with van der Waals surface area (Å²) in [6, 6.07) is 0. The number of hydrogen-bond donors (Lipinski definition) is 2. The Kier molecular flexibility index (Phi) is 2.71. The quantitative estimate of drug-likeness (QED) is 0.458. The Labute approximate surface area is 60.0 Å². The van der Waals surface area contributed by atoms with Gasteiger partial charge in [-0.15, -0.1) is 0 Å². The van der Waals surface area contributed by atoms with E-state index in [0.29, 0.717) is 6.08 Å². The number of halogens is 4. The van der Waals surface area contributed by atoms with E-state index in [9.17, 15) is 13.2 Å². The second kappa shape index (κ2) is 2.92. The van der Waals surface area contributed by atoms with Crippen molar-refractivity contribution in [1.29, 1.82) is 5.41 Å². The lowest BCUT2D eigenvalue weighted by molar-refractivity contribution is -0.0584. The van der Waals surface area contributed by atoms with Gasteiger partial charge in [-0.1, -0.05) is 11.6 Å². The summed E-state index contributed by atoms with van der Waals surface area (Å²) in [5.41, 5.74) is 3.12. The van der Waals surface area contributed by atoms with Crippen molar-refractivity contribution in [2.45, 2.75) is 6.18 Å². The third kappa shape index (κ3) is 3.34. The minimum atomic E-state index is -4.67. The average molecular weight is 173 g/mol. The van der Waals surface area contributed by atoms with Crippen molar-refractivity contribution in [1.82, 2.24) is 0 Å². The van der Waals surface area contributed by atoms with Crippen LogP contribution in [0.15, 0.2) is 11.2 Å². The molecule has 0 bridgehead atoms. The molecule has 0 spiro atoms. The number of alkyl halides is 3. The van der Waals surface area contributed by atoms with E-state index in [1.54, 1.807) is 0 Å². The molecule has 0 aliphatic heterocycles. The van der Waals surface area contributed by atoms with Gasteiger partial charge in [0.25, 0.3) is 0 Å². The zero-order valence-corrected chi connectivity index (χ0v) is 5.42. The van der Waals surface area contributed by atoms with Crippen LogP contribution in [-0.2, 0) is 0 Å². The van der Waals surface area contributed by atoms with Crippen molar-refractivity contribution in [3.63, 3.8) is 0 Å². The Morgan fingerprint density at radius 1 is 1.50 bits per heavy atom. The zero-order valence-electron chi connectivity index (χ0n) is 4.67. The molecule has 0 amide bonds. The minimum absolute atomic E-state index is 0.335. The number of nitrogens with two attached hydrogens (primary N) is 1. The van der Waals surface area contributed by atoms with E-state index >= 15 is 0 Å². The molecule has 0 saturated heterocycles. The maximum Gasteiger partial charge on any atom is 0.432 e. The van der Waals surface area contributed by atoms with Crippen LogP contribution >= 0.6 is 11.6 Å². The number of allylic oxidation sites excluding steroid dienone is 1. The molecule has 0 aromatic carbocycles. The Morgan fingerprint density at radius 2 is 1.90 bits per heavy atom. The normalized spacial score (nSPS) is 13.4. The first kappa shape index (κ1) is 9.29. The Hall–Kier alpha value is -0.710. The first-order valence-electron chi connectivity index (χ1n) is 2.12. The molecule has 0 radical (unpaired) electrons. The standard InChI is InChI=1S/C4H4ClF3N2/c5-3(10)1-2(9)4(6,7)8/h1,9H,10H2/b3-1-,9-2?. The van der Waals surface area contributed by atoms with Gasteiger partial charge >= 0.3 is 6.18 Å². The molecule has 10 heavy (non-hydrogen) atoms. The van der Waals surface area contributed by atoms with Gasteiger partial charge in [-0.3, -0.25) is 5.41 Å². The third-order valence-corrected chi connectivity index (χ3v) is 0.697. The second-order valence-corrected chi connectivity index (χ2v) is 1.88. The highest BCUT2D eigenvalue weighted by atomic mass is 35.5. The van der Waals surface area contributed by atoms with Crippen LogP contribution in [0.1, 0.15) is 0 Å². The van der Waals surface area contributed by atoms with Gasteiger partial charge < -0.3 is 5.73 Å². The van der Waals surface area contributed by atoms with Crippen LogP contribution in [0.2, 0.25) is 0 Å². The van der Waals surface area contributed by atoms with E-state index in [0.717, 1.165) is 0 Å². The zero-order chi connectivity index (χ0) is 8.36. The van der Waals surface area contributed by atoms with Crippen molar-refractivity contribution in [3.8, 4) is 0 Å². The van der Waals surface area contributed by atoms with Crippen LogP contribution in [0.3, 0.4) is 0 Å². The molecule has 0 saturated carbocycles. The Bertz CT molecular complexity index is 168. The van der Waals surface area contributed by atoms with Gasteiger partial charge in [0.15, 0.2) is 0 Å². The Balaban J connectivity index is 4.27. The van der Waals surface area contributed by atoms with Gasteiger partial charge in [0.1, 0.15) is 10.9 Å². The van der Waals surface area contributed by atoms with Crippen LogP contribution in [-0.4, -0.2) is 11.9 Å². The molecule has 0 aliphatic carbocycles. The maximum atomic E-state index is 11.4. The van der Waals surface area contributed by atoms with Crippen LogP contribution in [0.5, 0.6) is 0 Å². The predicted molar refractivity (Wildman–Crippen MR) is 31.9 cm³/mol. The van der Waals surface area contributed by atoms with Crippen LogP contribution in [0.25, 0.3) is 0 Å². The smallest absolute Gasteiger partial charge is 0.389 e. The van der Waals surface area contributed by atoms with Gasteiger partial charge in [0.2, 0.25) is 0 Å². The number of rotatable bonds is 1. The molecule has 58 valence electrons. The van der Waals surface area contributed by atoms with E-state index in [2.05, 4.69) is 5.73 Å². The average Bonchev–Trinajstić information content (AvgIpc) is 1.60. The van der Waals surface area contributed by atoms with Crippen LogP contribution < -0.4 is 5.73 Å². The summed E-state index contributed by atoms with van der Waals surface area (Å²) in [5.74, 6) is 0. The summed E-state index contributed by atoms with van der Waals surface area (Å²) in [4.78, 5) is 0. The molecule has 0 aliphatic rings. The molecule has 0 rings (SSSR count). The van der Waals surface area contributed by atoms with E-state index in [1.165, 1.54) is 0 Å². The predicted octanol–water partition coefficient (Wildman–Crippen LogP) is 1.61. The van der Waals surface area contributed by atoms with Gasteiger partial charge in [0, 0.05) is 6.08 Å². The Morgan fingerprint density at radius 3 is 2.00 bits per heavy atom. The topological polar surface area (TPSA) is 49.9 Å². The molecule has 0 heterocycles. The summed E-state index contributed by atoms with van der Waals surface area (Å²) in [6.07, 6.45) is -4.33. The van der Waals surface area contributed by atoms with E-state index in [1.807, 2.05) is 0 Å². The number of nitrogens with one attached hydrogen (secondary N) is 1. The lowest BCUT2D eigenvalue weighted by Crippen LogP contribution is -2.20. The monoisotopic (exact) mass is 172 g/mol. The molecular formula is C4H4ClF3N2. The molecule has 3 N–H and O–H groups in total. The van der Waals surface area contributed by atoms with E-state index in [4.69, 9.17) is 17.0 Å². The SMILES string of the molecule is N=C(/C=C(\N)Cl)C(F)(F)F. The van der Waals surface area contributed by atoms with Crippen molar-refractivity contribution < 1.29 is 13.2 Å². The van der Waals surface area contributed by atoms with E-state index in [-0.39, 0.29) is 0 Å². The van der Waals surface area contributed by atoms with E-state index < -0.39 is 17.0 Å². The minimum Gasteiger partial charge on any atom is -0.389 e. The fourth-order valence-corrected chi connectivity index (χ4v) is 0.329. The third-order valence-electron chi connectivity index (χ3n) is 0.588. The summed E-state index contributed by atoms with van der Waals surface area (Å²) in [5, 5.41) is 5.75. The van der Waals surface area contributed by atoms with Gasteiger partial charge in [-0.05, 0) is 0 Å². The summed E-state index contributed by atoms with van der Waals surface area (Å²) < 4.78 is 34.3. The molecule has 0 aromatic rings.